The number of carboxylic acids is 1. The number of hydrogen-bond acceptors (Lipinski definition) is 2. The van der Waals surface area contributed by atoms with Gasteiger partial charge in [-0.2, -0.15) is 0 Å². The van der Waals surface area contributed by atoms with Gasteiger partial charge in [0, 0.05) is 23.8 Å². The molecule has 1 aromatic rings. The molecule has 0 aliphatic heterocycles. The maximum atomic E-state index is 12.3. The van der Waals surface area contributed by atoms with Crippen molar-refractivity contribution < 1.29 is 14.7 Å². The molecule has 1 aromatic carbocycles. The minimum atomic E-state index is -1.05. The number of carboxylic acid groups (broad SMARTS) is 1. The van der Waals surface area contributed by atoms with Crippen LogP contribution in [0.1, 0.15) is 12.8 Å². The van der Waals surface area contributed by atoms with Gasteiger partial charge >= 0.3 is 12.0 Å². The van der Waals surface area contributed by atoms with E-state index in [0.29, 0.717) is 10.7 Å². The Hall–Kier alpha value is -1.75. The molecule has 1 aliphatic carbocycles. The number of amides is 2. The van der Waals surface area contributed by atoms with Crippen LogP contribution in [-0.4, -0.2) is 41.6 Å². The molecule has 0 bridgehead atoms. The van der Waals surface area contributed by atoms with Crippen LogP contribution in [0.5, 0.6) is 0 Å². The molecule has 1 N–H and O–H groups in total. The molecule has 6 heteroatoms. The molecule has 5 nitrogen and oxygen atoms in total. The Balaban J connectivity index is 2.21. The van der Waals surface area contributed by atoms with E-state index >= 15 is 0 Å². The molecule has 102 valence electrons. The van der Waals surface area contributed by atoms with Gasteiger partial charge in [0.15, 0.2) is 0 Å². The topological polar surface area (TPSA) is 60.9 Å². The summed E-state index contributed by atoms with van der Waals surface area (Å²) in [6, 6.07) is 6.49. The molecule has 0 spiro atoms. The zero-order chi connectivity index (χ0) is 14.0. The average molecular weight is 283 g/mol. The Labute approximate surface area is 116 Å². The van der Waals surface area contributed by atoms with Crippen LogP contribution in [0, 0.1) is 0 Å². The van der Waals surface area contributed by atoms with Gasteiger partial charge in [0.2, 0.25) is 0 Å². The fourth-order valence-corrected chi connectivity index (χ4v) is 1.96. The van der Waals surface area contributed by atoms with Crippen molar-refractivity contribution in [3.05, 3.63) is 29.3 Å². The lowest BCUT2D eigenvalue weighted by molar-refractivity contribution is -0.135. The Morgan fingerprint density at radius 3 is 2.37 bits per heavy atom. The summed E-state index contributed by atoms with van der Waals surface area (Å²) in [6.07, 6.45) is 1.95. The summed E-state index contributed by atoms with van der Waals surface area (Å²) in [4.78, 5) is 26.1. The summed E-state index contributed by atoms with van der Waals surface area (Å²) in [5.74, 6) is -1.05. The van der Waals surface area contributed by atoms with Crippen molar-refractivity contribution in [1.29, 1.82) is 0 Å². The summed E-state index contributed by atoms with van der Waals surface area (Å²) >= 11 is 5.79. The molecule has 1 fully saturated rings. The van der Waals surface area contributed by atoms with Crippen LogP contribution in [0.25, 0.3) is 0 Å². The molecule has 0 saturated heterocycles. The van der Waals surface area contributed by atoms with Gasteiger partial charge < -0.3 is 10.0 Å². The first-order chi connectivity index (χ1) is 8.99. The Morgan fingerprint density at radius 2 is 1.89 bits per heavy atom. The van der Waals surface area contributed by atoms with Gasteiger partial charge in [-0.3, -0.25) is 9.69 Å². The lowest BCUT2D eigenvalue weighted by atomic mass is 10.3. The summed E-state index contributed by atoms with van der Waals surface area (Å²) in [5, 5.41) is 9.49. The number of nitrogens with zero attached hydrogens (tertiary/aromatic N) is 2. The van der Waals surface area contributed by atoms with Gasteiger partial charge in [-0.25, -0.2) is 4.79 Å². The second-order valence-corrected chi connectivity index (χ2v) is 5.02. The maximum Gasteiger partial charge on any atom is 0.325 e. The van der Waals surface area contributed by atoms with Crippen LogP contribution >= 0.6 is 11.6 Å². The van der Waals surface area contributed by atoms with Crippen molar-refractivity contribution >= 4 is 29.3 Å². The minimum Gasteiger partial charge on any atom is -0.480 e. The van der Waals surface area contributed by atoms with E-state index in [-0.39, 0.29) is 18.6 Å². The largest absolute Gasteiger partial charge is 0.480 e. The van der Waals surface area contributed by atoms with E-state index < -0.39 is 5.97 Å². The second-order valence-electron chi connectivity index (χ2n) is 4.58. The number of carbonyl (C=O) groups excluding carboxylic acids is 1. The minimum absolute atomic E-state index is 0.232. The van der Waals surface area contributed by atoms with Crippen LogP contribution in [0.2, 0.25) is 5.02 Å². The number of aliphatic carboxylic acids is 1. The monoisotopic (exact) mass is 282 g/mol. The van der Waals surface area contributed by atoms with E-state index in [2.05, 4.69) is 0 Å². The maximum absolute atomic E-state index is 12.3. The van der Waals surface area contributed by atoms with E-state index in [1.54, 1.807) is 36.2 Å². The summed E-state index contributed by atoms with van der Waals surface area (Å²) < 4.78 is 0. The quantitative estimate of drug-likeness (QED) is 0.923. The van der Waals surface area contributed by atoms with Crippen LogP contribution in [-0.2, 0) is 4.79 Å². The highest BCUT2D eigenvalue weighted by Gasteiger charge is 2.33. The molecule has 1 saturated carbocycles. The number of hydrogen-bond donors (Lipinski definition) is 1. The average Bonchev–Trinajstić information content (AvgIpc) is 3.19. The van der Waals surface area contributed by atoms with E-state index in [9.17, 15) is 9.59 Å². The van der Waals surface area contributed by atoms with E-state index in [4.69, 9.17) is 16.7 Å². The molecule has 19 heavy (non-hydrogen) atoms. The fraction of sp³-hybridized carbons (Fsp3) is 0.385. The first-order valence-corrected chi connectivity index (χ1v) is 6.38. The predicted molar refractivity (Wildman–Crippen MR) is 72.6 cm³/mol. The van der Waals surface area contributed by atoms with Gasteiger partial charge in [0.25, 0.3) is 0 Å². The standard InChI is InChI=1S/C13H15ClN2O3/c1-15(10-6-7-10)13(19)16(8-12(17)18)11-4-2-9(14)3-5-11/h2-5,10H,6-8H2,1H3,(H,17,18). The zero-order valence-corrected chi connectivity index (χ0v) is 11.3. The number of rotatable bonds is 4. The van der Waals surface area contributed by atoms with Gasteiger partial charge in [0.05, 0.1) is 0 Å². The summed E-state index contributed by atoms with van der Waals surface area (Å²) in [6.45, 7) is -0.364. The zero-order valence-electron chi connectivity index (χ0n) is 10.5. The van der Waals surface area contributed by atoms with Crippen molar-refractivity contribution in [2.24, 2.45) is 0 Å². The first-order valence-electron chi connectivity index (χ1n) is 6.00. The lowest BCUT2D eigenvalue weighted by Gasteiger charge is -2.27. The Morgan fingerprint density at radius 1 is 1.32 bits per heavy atom. The number of urea groups is 1. The van der Waals surface area contributed by atoms with Crippen molar-refractivity contribution in [2.75, 3.05) is 18.5 Å². The molecule has 0 aromatic heterocycles. The van der Waals surface area contributed by atoms with Crippen LogP contribution in [0.3, 0.4) is 0 Å². The number of benzene rings is 1. The highest BCUT2D eigenvalue weighted by atomic mass is 35.5. The number of anilines is 1. The van der Waals surface area contributed by atoms with Gasteiger partial charge in [-0.15, -0.1) is 0 Å². The summed E-state index contributed by atoms with van der Waals surface area (Å²) in [7, 11) is 1.70. The smallest absolute Gasteiger partial charge is 0.325 e. The molecule has 0 radical (unpaired) electrons. The van der Waals surface area contributed by atoms with Crippen molar-refractivity contribution in [3.63, 3.8) is 0 Å². The Bertz CT molecular complexity index is 485. The predicted octanol–water partition coefficient (Wildman–Crippen LogP) is 2.45. The Kier molecular flexibility index (Phi) is 3.95. The molecule has 0 heterocycles. The highest BCUT2D eigenvalue weighted by molar-refractivity contribution is 6.30. The van der Waals surface area contributed by atoms with E-state index in [0.717, 1.165) is 12.8 Å². The highest BCUT2D eigenvalue weighted by Crippen LogP contribution is 2.27. The van der Waals surface area contributed by atoms with Crippen molar-refractivity contribution in [3.8, 4) is 0 Å². The third-order valence-electron chi connectivity index (χ3n) is 3.06. The van der Waals surface area contributed by atoms with Gasteiger partial charge in [-0.1, -0.05) is 11.6 Å². The molecule has 1 aliphatic rings. The fourth-order valence-electron chi connectivity index (χ4n) is 1.83. The summed E-state index contributed by atoms with van der Waals surface area (Å²) in [5.41, 5.74) is 0.532. The molecule has 0 atom stereocenters. The molecule has 2 amide bonds. The molecular formula is C13H15ClN2O3. The van der Waals surface area contributed by atoms with E-state index in [1.165, 1.54) is 4.90 Å². The molecular weight excluding hydrogens is 268 g/mol. The molecule has 2 rings (SSSR count). The third-order valence-corrected chi connectivity index (χ3v) is 3.31. The van der Waals surface area contributed by atoms with Crippen molar-refractivity contribution in [2.45, 2.75) is 18.9 Å². The van der Waals surface area contributed by atoms with Crippen LogP contribution in [0.15, 0.2) is 24.3 Å². The SMILES string of the molecule is CN(C(=O)N(CC(=O)O)c1ccc(Cl)cc1)C1CC1. The normalized spacial score (nSPS) is 14.0. The van der Waals surface area contributed by atoms with Crippen LogP contribution < -0.4 is 4.90 Å². The number of halogens is 1. The second kappa shape index (κ2) is 5.48. The lowest BCUT2D eigenvalue weighted by Crippen LogP contribution is -2.44. The van der Waals surface area contributed by atoms with E-state index in [1.807, 2.05) is 0 Å². The van der Waals surface area contributed by atoms with Gasteiger partial charge in [0.1, 0.15) is 6.54 Å². The molecule has 0 unspecified atom stereocenters. The van der Waals surface area contributed by atoms with Crippen LogP contribution in [0.4, 0.5) is 10.5 Å². The van der Waals surface area contributed by atoms with Crippen molar-refractivity contribution in [1.82, 2.24) is 4.90 Å². The number of carbonyl (C=O) groups is 2. The third kappa shape index (κ3) is 3.38. The van der Waals surface area contributed by atoms with Gasteiger partial charge in [-0.05, 0) is 37.1 Å². The first kappa shape index (κ1) is 13.7.